The summed E-state index contributed by atoms with van der Waals surface area (Å²) >= 11 is 0. The van der Waals surface area contributed by atoms with Crippen LogP contribution in [0.25, 0.3) is 0 Å². The second-order valence-electron chi connectivity index (χ2n) is 6.25. The molecule has 1 saturated carbocycles. The fraction of sp³-hybridized carbons (Fsp3) is 0.588. The van der Waals surface area contributed by atoms with Gasteiger partial charge in [0.15, 0.2) is 0 Å². The second kappa shape index (κ2) is 5.96. The molecule has 1 aliphatic heterocycles. The van der Waals surface area contributed by atoms with E-state index in [-0.39, 0.29) is 5.92 Å². The van der Waals surface area contributed by atoms with E-state index in [0.717, 1.165) is 44.1 Å². The molecule has 1 aromatic carbocycles. The summed E-state index contributed by atoms with van der Waals surface area (Å²) < 4.78 is 0. The van der Waals surface area contributed by atoms with Gasteiger partial charge in [0.05, 0.1) is 0 Å². The van der Waals surface area contributed by atoms with Gasteiger partial charge in [0.2, 0.25) is 5.91 Å². The Bertz CT molecular complexity index is 478. The van der Waals surface area contributed by atoms with Crippen LogP contribution in [0.5, 0.6) is 0 Å². The molecule has 1 heterocycles. The van der Waals surface area contributed by atoms with Crippen LogP contribution < -0.4 is 10.2 Å². The Balaban J connectivity index is 1.80. The van der Waals surface area contributed by atoms with Gasteiger partial charge in [0.1, 0.15) is 0 Å². The number of benzene rings is 1. The van der Waals surface area contributed by atoms with E-state index < -0.39 is 0 Å². The molecular weight excluding hydrogens is 248 g/mol. The summed E-state index contributed by atoms with van der Waals surface area (Å²) in [5.41, 5.74) is 2.35. The van der Waals surface area contributed by atoms with E-state index >= 15 is 0 Å². The van der Waals surface area contributed by atoms with Gasteiger partial charge in [0, 0.05) is 31.2 Å². The molecule has 3 nitrogen and oxygen atoms in total. The molecule has 3 heteroatoms. The van der Waals surface area contributed by atoms with E-state index in [1.165, 1.54) is 18.4 Å². The van der Waals surface area contributed by atoms with Crippen LogP contribution in [0.1, 0.15) is 38.2 Å². The summed E-state index contributed by atoms with van der Waals surface area (Å²) in [5, 5.41) is 3.40. The molecule has 20 heavy (non-hydrogen) atoms. The molecule has 0 saturated heterocycles. The number of amides is 1. The van der Waals surface area contributed by atoms with E-state index in [2.05, 4.69) is 30.4 Å². The number of rotatable bonds is 1. The van der Waals surface area contributed by atoms with Crippen LogP contribution in [0.2, 0.25) is 0 Å². The van der Waals surface area contributed by atoms with Crippen molar-refractivity contribution < 1.29 is 4.79 Å². The summed E-state index contributed by atoms with van der Waals surface area (Å²) in [6.45, 7) is 4.83. The van der Waals surface area contributed by atoms with Gasteiger partial charge in [-0.3, -0.25) is 4.79 Å². The molecule has 0 aromatic heterocycles. The van der Waals surface area contributed by atoms with Crippen LogP contribution in [-0.2, 0) is 11.3 Å². The van der Waals surface area contributed by atoms with Gasteiger partial charge < -0.3 is 10.2 Å². The normalized spacial score (nSPS) is 26.8. The zero-order valence-electron chi connectivity index (χ0n) is 12.3. The van der Waals surface area contributed by atoms with Crippen LogP contribution in [0.3, 0.4) is 0 Å². The van der Waals surface area contributed by atoms with E-state index in [1.807, 2.05) is 11.0 Å². The maximum Gasteiger partial charge on any atom is 0.230 e. The number of nitrogens with one attached hydrogen (secondary N) is 1. The molecule has 0 atom stereocenters. The zero-order valence-corrected chi connectivity index (χ0v) is 12.3. The number of hydrogen-bond donors (Lipinski definition) is 1. The van der Waals surface area contributed by atoms with E-state index in [9.17, 15) is 4.79 Å². The van der Waals surface area contributed by atoms with E-state index in [4.69, 9.17) is 0 Å². The highest BCUT2D eigenvalue weighted by molar-refractivity contribution is 5.96. The minimum absolute atomic E-state index is 0.234. The largest absolute Gasteiger partial charge is 0.311 e. The average Bonchev–Trinajstić information content (AvgIpc) is 2.69. The van der Waals surface area contributed by atoms with Crippen LogP contribution in [0.15, 0.2) is 24.3 Å². The first-order chi connectivity index (χ1) is 9.75. The molecular formula is C17H24N2O. The number of anilines is 1. The number of para-hydroxylation sites is 1. The average molecular weight is 272 g/mol. The third-order valence-electron chi connectivity index (χ3n) is 4.74. The van der Waals surface area contributed by atoms with E-state index in [0.29, 0.717) is 5.91 Å². The molecule has 0 radical (unpaired) electrons. The van der Waals surface area contributed by atoms with Crippen molar-refractivity contribution in [2.75, 3.05) is 18.0 Å². The van der Waals surface area contributed by atoms with Crippen molar-refractivity contribution in [3.05, 3.63) is 29.8 Å². The molecule has 108 valence electrons. The molecule has 0 unspecified atom stereocenters. The van der Waals surface area contributed by atoms with Crippen molar-refractivity contribution in [1.82, 2.24) is 5.32 Å². The first-order valence-corrected chi connectivity index (χ1v) is 7.85. The molecule has 1 aliphatic carbocycles. The van der Waals surface area contributed by atoms with Crippen molar-refractivity contribution in [3.8, 4) is 0 Å². The number of carbonyl (C=O) groups is 1. The number of fused-ring (bicyclic) bond motifs is 1. The van der Waals surface area contributed by atoms with Gasteiger partial charge in [-0.2, -0.15) is 0 Å². The highest BCUT2D eigenvalue weighted by Crippen LogP contribution is 2.32. The van der Waals surface area contributed by atoms with Gasteiger partial charge in [0.25, 0.3) is 0 Å². The topological polar surface area (TPSA) is 32.3 Å². The van der Waals surface area contributed by atoms with Crippen molar-refractivity contribution >= 4 is 11.6 Å². The number of nitrogens with zero attached hydrogens (tertiary/aromatic N) is 1. The molecule has 0 spiro atoms. The predicted molar refractivity (Wildman–Crippen MR) is 81.6 cm³/mol. The Morgan fingerprint density at radius 3 is 2.75 bits per heavy atom. The third kappa shape index (κ3) is 2.73. The zero-order chi connectivity index (χ0) is 13.9. The van der Waals surface area contributed by atoms with E-state index in [1.54, 1.807) is 0 Å². The maximum absolute atomic E-state index is 12.9. The Morgan fingerprint density at radius 1 is 1.20 bits per heavy atom. The summed E-state index contributed by atoms with van der Waals surface area (Å²) in [4.78, 5) is 14.9. The van der Waals surface area contributed by atoms with Gasteiger partial charge in [-0.05, 0) is 43.2 Å². The summed E-state index contributed by atoms with van der Waals surface area (Å²) in [5.74, 6) is 1.36. The van der Waals surface area contributed by atoms with Gasteiger partial charge in [-0.25, -0.2) is 0 Å². The lowest BCUT2D eigenvalue weighted by molar-refractivity contribution is -0.123. The van der Waals surface area contributed by atoms with Crippen LogP contribution in [-0.4, -0.2) is 19.0 Å². The summed E-state index contributed by atoms with van der Waals surface area (Å²) in [6, 6.07) is 8.30. The second-order valence-corrected chi connectivity index (χ2v) is 6.25. The highest BCUT2D eigenvalue weighted by Gasteiger charge is 2.30. The van der Waals surface area contributed by atoms with Gasteiger partial charge in [-0.1, -0.05) is 25.1 Å². The highest BCUT2D eigenvalue weighted by atomic mass is 16.2. The number of hydrogen-bond acceptors (Lipinski definition) is 2. The molecule has 2 aliphatic rings. The number of carbonyl (C=O) groups excluding carboxylic acids is 1. The molecule has 1 fully saturated rings. The van der Waals surface area contributed by atoms with Crippen molar-refractivity contribution in [1.29, 1.82) is 0 Å². The first-order valence-electron chi connectivity index (χ1n) is 7.85. The quantitative estimate of drug-likeness (QED) is 0.852. The molecule has 3 rings (SSSR count). The predicted octanol–water partition coefficient (Wildman–Crippen LogP) is 2.95. The Hall–Kier alpha value is -1.35. The monoisotopic (exact) mass is 272 g/mol. The smallest absolute Gasteiger partial charge is 0.230 e. The van der Waals surface area contributed by atoms with Crippen molar-refractivity contribution in [2.24, 2.45) is 11.8 Å². The SMILES string of the molecule is CC1CCC(C(=O)N2CCNCc3ccccc32)CC1. The fourth-order valence-electron chi connectivity index (χ4n) is 3.41. The third-order valence-corrected chi connectivity index (χ3v) is 4.74. The standard InChI is InChI=1S/C17H24N2O/c1-13-6-8-14(9-7-13)17(20)19-11-10-18-12-15-4-2-3-5-16(15)19/h2-5,13-14,18H,6-12H2,1H3. The lowest BCUT2D eigenvalue weighted by Crippen LogP contribution is -2.40. The first kappa shape index (κ1) is 13.6. The van der Waals surface area contributed by atoms with Crippen molar-refractivity contribution in [3.63, 3.8) is 0 Å². The molecule has 1 amide bonds. The van der Waals surface area contributed by atoms with Crippen molar-refractivity contribution in [2.45, 2.75) is 39.2 Å². The van der Waals surface area contributed by atoms with Crippen LogP contribution in [0.4, 0.5) is 5.69 Å². The lowest BCUT2D eigenvalue weighted by atomic mass is 9.82. The summed E-state index contributed by atoms with van der Waals surface area (Å²) in [6.07, 6.45) is 4.52. The maximum atomic E-state index is 12.9. The minimum atomic E-state index is 0.234. The Kier molecular flexibility index (Phi) is 4.06. The van der Waals surface area contributed by atoms with Crippen LogP contribution >= 0.6 is 0 Å². The molecule has 0 bridgehead atoms. The summed E-state index contributed by atoms with van der Waals surface area (Å²) in [7, 11) is 0. The Morgan fingerprint density at radius 2 is 1.95 bits per heavy atom. The fourth-order valence-corrected chi connectivity index (χ4v) is 3.41. The Labute approximate surface area is 121 Å². The van der Waals surface area contributed by atoms with Gasteiger partial charge in [-0.15, -0.1) is 0 Å². The molecule has 1 aromatic rings. The minimum Gasteiger partial charge on any atom is -0.311 e. The lowest BCUT2D eigenvalue weighted by Gasteiger charge is -2.31. The molecule has 1 N–H and O–H groups in total. The van der Waals surface area contributed by atoms with Crippen LogP contribution in [0, 0.1) is 11.8 Å². The van der Waals surface area contributed by atoms with Gasteiger partial charge >= 0.3 is 0 Å².